The molecular weight excluding hydrogens is 198 g/mol. The fourth-order valence-electron chi connectivity index (χ4n) is 1.49. The van der Waals surface area contributed by atoms with Crippen LogP contribution < -0.4 is 16.0 Å². The molecule has 1 rings (SSSR count). The van der Waals surface area contributed by atoms with E-state index in [0.29, 0.717) is 0 Å². The van der Waals surface area contributed by atoms with Gasteiger partial charge in [-0.3, -0.25) is 4.79 Å². The molecule has 0 aromatic heterocycles. The normalized spacial score (nSPS) is 17.1. The number of amides is 2. The minimum absolute atomic E-state index is 0.0420. The number of aliphatic carboxylic acids is 1. The molecule has 0 radical (unpaired) electrons. The van der Waals surface area contributed by atoms with Gasteiger partial charge in [0, 0.05) is 12.6 Å². The predicted molar refractivity (Wildman–Crippen MR) is 54.7 cm³/mol. The first-order valence-electron chi connectivity index (χ1n) is 5.15. The Labute approximate surface area is 88.4 Å². The van der Waals surface area contributed by atoms with Crippen LogP contribution in [0.5, 0.6) is 0 Å². The van der Waals surface area contributed by atoms with Crippen molar-refractivity contribution >= 4 is 12.0 Å². The molecule has 4 N–H and O–H groups in total. The van der Waals surface area contributed by atoms with Gasteiger partial charge in [-0.25, -0.2) is 4.79 Å². The summed E-state index contributed by atoms with van der Waals surface area (Å²) in [6.07, 6.45) is 1.80. The van der Waals surface area contributed by atoms with Gasteiger partial charge in [0.25, 0.3) is 0 Å². The Morgan fingerprint density at radius 3 is 2.60 bits per heavy atom. The standard InChI is InChI=1S/C9H17N3O3/c13-8(14)3-6-11-9(15)12-7-1-4-10-5-2-7/h7,10H,1-6H2,(H,13,14)(H2,11,12,15). The van der Waals surface area contributed by atoms with Gasteiger partial charge in [0.1, 0.15) is 0 Å². The molecule has 0 unspecified atom stereocenters. The minimum Gasteiger partial charge on any atom is -0.481 e. The molecule has 0 aliphatic carbocycles. The monoisotopic (exact) mass is 215 g/mol. The maximum atomic E-state index is 11.3. The molecule has 0 spiro atoms. The highest BCUT2D eigenvalue weighted by atomic mass is 16.4. The van der Waals surface area contributed by atoms with E-state index in [2.05, 4.69) is 16.0 Å². The number of nitrogens with one attached hydrogen (secondary N) is 3. The smallest absolute Gasteiger partial charge is 0.315 e. The fourth-order valence-corrected chi connectivity index (χ4v) is 1.49. The van der Waals surface area contributed by atoms with E-state index in [4.69, 9.17) is 5.11 Å². The molecule has 0 bridgehead atoms. The Balaban J connectivity index is 2.09. The summed E-state index contributed by atoms with van der Waals surface area (Å²) in [5.74, 6) is -0.905. The first kappa shape index (κ1) is 11.8. The lowest BCUT2D eigenvalue weighted by Gasteiger charge is -2.23. The van der Waals surface area contributed by atoms with Gasteiger partial charge in [0.05, 0.1) is 6.42 Å². The first-order chi connectivity index (χ1) is 7.18. The highest BCUT2D eigenvalue weighted by Gasteiger charge is 2.14. The Hall–Kier alpha value is -1.30. The third-order valence-corrected chi connectivity index (χ3v) is 2.30. The molecule has 2 amide bonds. The molecule has 0 aromatic rings. The Morgan fingerprint density at radius 2 is 2.00 bits per heavy atom. The molecular formula is C9H17N3O3. The van der Waals surface area contributed by atoms with Crippen molar-refractivity contribution in [2.24, 2.45) is 0 Å². The molecule has 6 nitrogen and oxygen atoms in total. The average Bonchev–Trinajstić information content (AvgIpc) is 2.18. The molecule has 0 saturated carbocycles. The summed E-state index contributed by atoms with van der Waals surface area (Å²) in [4.78, 5) is 21.4. The lowest BCUT2D eigenvalue weighted by molar-refractivity contribution is -0.136. The number of piperidine rings is 1. The van der Waals surface area contributed by atoms with Crippen molar-refractivity contribution in [3.8, 4) is 0 Å². The maximum Gasteiger partial charge on any atom is 0.315 e. The van der Waals surface area contributed by atoms with Crippen LogP contribution in [0.25, 0.3) is 0 Å². The van der Waals surface area contributed by atoms with Crippen molar-refractivity contribution in [1.29, 1.82) is 0 Å². The van der Waals surface area contributed by atoms with Gasteiger partial charge < -0.3 is 21.1 Å². The largest absolute Gasteiger partial charge is 0.481 e. The van der Waals surface area contributed by atoms with E-state index in [1.54, 1.807) is 0 Å². The Kier molecular flexibility index (Phi) is 4.89. The molecule has 1 fully saturated rings. The second kappa shape index (κ2) is 6.23. The molecule has 15 heavy (non-hydrogen) atoms. The van der Waals surface area contributed by atoms with Crippen molar-refractivity contribution in [2.45, 2.75) is 25.3 Å². The first-order valence-corrected chi connectivity index (χ1v) is 5.15. The fraction of sp³-hybridized carbons (Fsp3) is 0.778. The van der Waals surface area contributed by atoms with Gasteiger partial charge >= 0.3 is 12.0 Å². The molecule has 1 aliphatic rings. The summed E-state index contributed by atoms with van der Waals surface area (Å²) in [5.41, 5.74) is 0. The zero-order chi connectivity index (χ0) is 11.1. The van der Waals surface area contributed by atoms with Crippen LogP contribution >= 0.6 is 0 Å². The Bertz CT molecular complexity index is 227. The molecule has 6 heteroatoms. The third kappa shape index (κ3) is 5.21. The number of carboxylic acid groups (broad SMARTS) is 1. The predicted octanol–water partition coefficient (Wildman–Crippen LogP) is -0.488. The lowest BCUT2D eigenvalue weighted by Crippen LogP contribution is -2.47. The van der Waals surface area contributed by atoms with Gasteiger partial charge in [-0.1, -0.05) is 0 Å². The highest BCUT2D eigenvalue weighted by molar-refractivity contribution is 5.75. The van der Waals surface area contributed by atoms with Gasteiger partial charge in [-0.05, 0) is 25.9 Å². The second-order valence-electron chi connectivity index (χ2n) is 3.57. The van der Waals surface area contributed by atoms with Crippen molar-refractivity contribution in [3.63, 3.8) is 0 Å². The van der Waals surface area contributed by atoms with E-state index in [-0.39, 0.29) is 25.0 Å². The van der Waals surface area contributed by atoms with Crippen LogP contribution in [-0.4, -0.2) is 42.8 Å². The van der Waals surface area contributed by atoms with Crippen LogP contribution in [0.2, 0.25) is 0 Å². The number of rotatable bonds is 4. The maximum absolute atomic E-state index is 11.3. The van der Waals surface area contributed by atoms with Crippen LogP contribution in [0.15, 0.2) is 0 Å². The van der Waals surface area contributed by atoms with Crippen molar-refractivity contribution < 1.29 is 14.7 Å². The van der Waals surface area contributed by atoms with Gasteiger partial charge in [-0.2, -0.15) is 0 Å². The van der Waals surface area contributed by atoms with Gasteiger partial charge in [-0.15, -0.1) is 0 Å². The molecule has 0 aromatic carbocycles. The summed E-state index contributed by atoms with van der Waals surface area (Å²) in [7, 11) is 0. The van der Waals surface area contributed by atoms with Crippen LogP contribution in [-0.2, 0) is 4.79 Å². The quantitative estimate of drug-likeness (QED) is 0.509. The number of urea groups is 1. The second-order valence-corrected chi connectivity index (χ2v) is 3.57. The van der Waals surface area contributed by atoms with E-state index in [0.717, 1.165) is 25.9 Å². The lowest BCUT2D eigenvalue weighted by atomic mass is 10.1. The summed E-state index contributed by atoms with van der Waals surface area (Å²) >= 11 is 0. The van der Waals surface area contributed by atoms with Crippen LogP contribution in [0.3, 0.4) is 0 Å². The van der Waals surface area contributed by atoms with Gasteiger partial charge in [0.2, 0.25) is 0 Å². The molecule has 1 saturated heterocycles. The topological polar surface area (TPSA) is 90.5 Å². The van der Waals surface area contributed by atoms with Crippen molar-refractivity contribution in [2.75, 3.05) is 19.6 Å². The van der Waals surface area contributed by atoms with Crippen molar-refractivity contribution in [1.82, 2.24) is 16.0 Å². The summed E-state index contributed by atoms with van der Waals surface area (Å²) in [5, 5.41) is 16.9. The zero-order valence-corrected chi connectivity index (χ0v) is 8.58. The number of carbonyl (C=O) groups is 2. The van der Waals surface area contributed by atoms with Crippen LogP contribution in [0, 0.1) is 0 Å². The van der Waals surface area contributed by atoms with Gasteiger partial charge in [0.15, 0.2) is 0 Å². The van der Waals surface area contributed by atoms with E-state index >= 15 is 0 Å². The summed E-state index contributed by atoms with van der Waals surface area (Å²) < 4.78 is 0. The molecule has 0 atom stereocenters. The Morgan fingerprint density at radius 1 is 1.33 bits per heavy atom. The van der Waals surface area contributed by atoms with E-state index in [9.17, 15) is 9.59 Å². The van der Waals surface area contributed by atoms with Crippen LogP contribution in [0.4, 0.5) is 4.79 Å². The highest BCUT2D eigenvalue weighted by Crippen LogP contribution is 2.00. The van der Waals surface area contributed by atoms with Crippen molar-refractivity contribution in [3.05, 3.63) is 0 Å². The molecule has 1 heterocycles. The SMILES string of the molecule is O=C(O)CCNC(=O)NC1CCNCC1. The van der Waals surface area contributed by atoms with Crippen LogP contribution in [0.1, 0.15) is 19.3 Å². The number of carbonyl (C=O) groups excluding carboxylic acids is 1. The van der Waals surface area contributed by atoms with E-state index in [1.165, 1.54) is 0 Å². The number of hydrogen-bond donors (Lipinski definition) is 4. The number of carboxylic acids is 1. The molecule has 86 valence electrons. The molecule has 1 aliphatic heterocycles. The van der Waals surface area contributed by atoms with E-state index < -0.39 is 5.97 Å². The third-order valence-electron chi connectivity index (χ3n) is 2.30. The summed E-state index contributed by atoms with van der Waals surface area (Å²) in [6, 6.07) is -0.0702. The summed E-state index contributed by atoms with van der Waals surface area (Å²) in [6.45, 7) is 2.01. The minimum atomic E-state index is -0.905. The van der Waals surface area contributed by atoms with E-state index in [1.807, 2.05) is 0 Å². The zero-order valence-electron chi connectivity index (χ0n) is 8.58. The average molecular weight is 215 g/mol. The number of hydrogen-bond acceptors (Lipinski definition) is 3.